The van der Waals surface area contributed by atoms with E-state index in [1.54, 1.807) is 36.3 Å². The van der Waals surface area contributed by atoms with Crippen LogP contribution in [-0.2, 0) is 4.74 Å². The molecule has 126 valence electrons. The van der Waals surface area contributed by atoms with Crippen LogP contribution in [0.5, 0.6) is 5.75 Å². The van der Waals surface area contributed by atoms with Crippen molar-refractivity contribution < 1.29 is 18.7 Å². The molecule has 0 aromatic heterocycles. The van der Waals surface area contributed by atoms with E-state index in [-0.39, 0.29) is 18.0 Å². The van der Waals surface area contributed by atoms with E-state index in [4.69, 9.17) is 9.47 Å². The molecule has 1 saturated heterocycles. The van der Waals surface area contributed by atoms with Crippen molar-refractivity contribution in [2.45, 2.75) is 25.0 Å². The van der Waals surface area contributed by atoms with E-state index in [1.807, 2.05) is 18.2 Å². The number of amides is 1. The van der Waals surface area contributed by atoms with Crippen LogP contribution in [0.25, 0.3) is 0 Å². The van der Waals surface area contributed by atoms with Crippen LogP contribution >= 0.6 is 0 Å². The summed E-state index contributed by atoms with van der Waals surface area (Å²) >= 11 is 0. The van der Waals surface area contributed by atoms with Gasteiger partial charge in [0.15, 0.2) is 0 Å². The molecule has 1 fully saturated rings. The number of methoxy groups -OCH3 is 1. The molecule has 1 amide bonds. The normalized spacial score (nSPS) is 20.7. The molecule has 0 N–H and O–H groups in total. The van der Waals surface area contributed by atoms with Crippen molar-refractivity contribution in [1.82, 2.24) is 4.90 Å². The maximum Gasteiger partial charge on any atom is 0.415 e. The molecule has 1 aliphatic heterocycles. The lowest BCUT2D eigenvalue weighted by molar-refractivity contribution is 0.0163. The van der Waals surface area contributed by atoms with Gasteiger partial charge in [0, 0.05) is 13.7 Å². The third kappa shape index (κ3) is 3.74. The summed E-state index contributed by atoms with van der Waals surface area (Å²) in [6, 6.07) is 15.0. The van der Waals surface area contributed by atoms with Crippen LogP contribution in [0.2, 0.25) is 0 Å². The summed E-state index contributed by atoms with van der Waals surface area (Å²) in [6.45, 7) is 0.534. The Kier molecular flexibility index (Phi) is 5.11. The molecule has 3 rings (SSSR count). The second-order valence-electron chi connectivity index (χ2n) is 5.82. The number of carbonyl (C=O) groups excluding carboxylic acids is 1. The van der Waals surface area contributed by atoms with Gasteiger partial charge in [-0.3, -0.25) is 0 Å². The number of carbonyl (C=O) groups is 1. The Bertz CT molecular complexity index is 675. The van der Waals surface area contributed by atoms with Crippen LogP contribution < -0.4 is 4.74 Å². The van der Waals surface area contributed by atoms with E-state index in [1.165, 1.54) is 12.1 Å². The van der Waals surface area contributed by atoms with Gasteiger partial charge < -0.3 is 14.4 Å². The number of nitrogens with zero attached hydrogens (tertiary/aromatic N) is 1. The highest BCUT2D eigenvalue weighted by Gasteiger charge is 2.34. The highest BCUT2D eigenvalue weighted by molar-refractivity contribution is 5.71. The molecule has 2 aromatic carbocycles. The summed E-state index contributed by atoms with van der Waals surface area (Å²) in [7, 11) is 1.67. The lowest BCUT2D eigenvalue weighted by atomic mass is 9.93. The van der Waals surface area contributed by atoms with E-state index >= 15 is 0 Å². The summed E-state index contributed by atoms with van der Waals surface area (Å²) < 4.78 is 24.1. The van der Waals surface area contributed by atoms with Crippen molar-refractivity contribution in [3.8, 4) is 5.75 Å². The van der Waals surface area contributed by atoms with Crippen molar-refractivity contribution >= 4 is 6.09 Å². The van der Waals surface area contributed by atoms with Crippen molar-refractivity contribution in [3.63, 3.8) is 0 Å². The SMILES string of the molecule is CO[C@H]1CCN(C(=O)Oc2ccccc2)[C@@H](c2ccc(F)cc2)C1. The average molecular weight is 329 g/mol. The first-order valence-electron chi connectivity index (χ1n) is 7.99. The van der Waals surface area contributed by atoms with Crippen LogP contribution in [0.3, 0.4) is 0 Å². The van der Waals surface area contributed by atoms with E-state index in [0.29, 0.717) is 18.7 Å². The summed E-state index contributed by atoms with van der Waals surface area (Å²) in [5.74, 6) is 0.213. The molecule has 0 spiro atoms. The van der Waals surface area contributed by atoms with Crippen LogP contribution in [0.1, 0.15) is 24.4 Å². The Morgan fingerprint density at radius 1 is 1.12 bits per heavy atom. The molecule has 24 heavy (non-hydrogen) atoms. The standard InChI is InChI=1S/C19H20FNO3/c1-23-17-11-12-21(19(22)24-16-5-3-2-4-6-16)18(13-17)14-7-9-15(20)10-8-14/h2-10,17-18H,11-13H2,1H3/t17-,18+/m0/s1. The maximum absolute atomic E-state index is 13.2. The number of benzene rings is 2. The monoisotopic (exact) mass is 329 g/mol. The second kappa shape index (κ2) is 7.45. The largest absolute Gasteiger partial charge is 0.415 e. The van der Waals surface area contributed by atoms with E-state index in [2.05, 4.69) is 0 Å². The summed E-state index contributed by atoms with van der Waals surface area (Å²) in [6.07, 6.45) is 1.08. The van der Waals surface area contributed by atoms with Crippen molar-refractivity contribution in [3.05, 3.63) is 66.0 Å². The minimum atomic E-state index is -0.398. The lowest BCUT2D eigenvalue weighted by Gasteiger charge is -2.38. The molecule has 4 nitrogen and oxygen atoms in total. The van der Waals surface area contributed by atoms with Gasteiger partial charge in [0.25, 0.3) is 0 Å². The van der Waals surface area contributed by atoms with Gasteiger partial charge in [0.05, 0.1) is 12.1 Å². The van der Waals surface area contributed by atoms with Crippen molar-refractivity contribution in [2.24, 2.45) is 0 Å². The number of halogens is 1. The van der Waals surface area contributed by atoms with E-state index in [0.717, 1.165) is 12.0 Å². The van der Waals surface area contributed by atoms with Gasteiger partial charge >= 0.3 is 6.09 Å². The van der Waals surface area contributed by atoms with E-state index in [9.17, 15) is 9.18 Å². The second-order valence-corrected chi connectivity index (χ2v) is 5.82. The Hall–Kier alpha value is -2.40. The maximum atomic E-state index is 13.2. The summed E-state index contributed by atoms with van der Waals surface area (Å²) in [5, 5.41) is 0. The fourth-order valence-corrected chi connectivity index (χ4v) is 3.01. The Morgan fingerprint density at radius 3 is 2.50 bits per heavy atom. The number of rotatable bonds is 3. The van der Waals surface area contributed by atoms with Gasteiger partial charge in [-0.2, -0.15) is 0 Å². The topological polar surface area (TPSA) is 38.8 Å². The fraction of sp³-hybridized carbons (Fsp3) is 0.316. The molecule has 5 heteroatoms. The van der Waals surface area contributed by atoms with Gasteiger partial charge in [-0.25, -0.2) is 9.18 Å². The first-order valence-corrected chi connectivity index (χ1v) is 7.99. The molecular weight excluding hydrogens is 309 g/mol. The van der Waals surface area contributed by atoms with Crippen LogP contribution in [0.15, 0.2) is 54.6 Å². The third-order valence-corrected chi connectivity index (χ3v) is 4.33. The van der Waals surface area contributed by atoms with Gasteiger partial charge in [-0.15, -0.1) is 0 Å². The zero-order chi connectivity index (χ0) is 16.9. The highest BCUT2D eigenvalue weighted by atomic mass is 19.1. The highest BCUT2D eigenvalue weighted by Crippen LogP contribution is 2.33. The summed E-state index contributed by atoms with van der Waals surface area (Å²) in [5.41, 5.74) is 0.878. The molecule has 2 atom stereocenters. The number of para-hydroxylation sites is 1. The predicted molar refractivity (Wildman–Crippen MR) is 88.3 cm³/mol. The molecule has 1 heterocycles. The third-order valence-electron chi connectivity index (χ3n) is 4.33. The fourth-order valence-electron chi connectivity index (χ4n) is 3.01. The van der Waals surface area contributed by atoms with Crippen LogP contribution in [0.4, 0.5) is 9.18 Å². The molecule has 2 aromatic rings. The van der Waals surface area contributed by atoms with Crippen molar-refractivity contribution in [2.75, 3.05) is 13.7 Å². The Labute approximate surface area is 140 Å². The van der Waals surface area contributed by atoms with Crippen LogP contribution in [0, 0.1) is 5.82 Å². The number of piperidine rings is 1. The van der Waals surface area contributed by atoms with Crippen LogP contribution in [-0.4, -0.2) is 30.8 Å². The zero-order valence-corrected chi connectivity index (χ0v) is 13.5. The smallest absolute Gasteiger partial charge is 0.410 e. The van der Waals surface area contributed by atoms with Crippen molar-refractivity contribution in [1.29, 1.82) is 0 Å². The number of hydrogen-bond acceptors (Lipinski definition) is 3. The Morgan fingerprint density at radius 2 is 1.83 bits per heavy atom. The average Bonchev–Trinajstić information content (AvgIpc) is 2.62. The minimum absolute atomic E-state index is 0.0702. The summed E-state index contributed by atoms with van der Waals surface area (Å²) in [4.78, 5) is 14.3. The van der Waals surface area contributed by atoms with E-state index < -0.39 is 6.09 Å². The molecule has 0 unspecified atom stereocenters. The predicted octanol–water partition coefficient (Wildman–Crippen LogP) is 4.18. The quantitative estimate of drug-likeness (QED) is 0.848. The number of likely N-dealkylation sites (tertiary alicyclic amines) is 1. The van der Waals surface area contributed by atoms with Gasteiger partial charge in [-0.05, 0) is 42.7 Å². The number of hydrogen-bond donors (Lipinski definition) is 0. The molecule has 0 bridgehead atoms. The first-order chi connectivity index (χ1) is 11.7. The first kappa shape index (κ1) is 16.5. The Balaban J connectivity index is 1.80. The molecule has 0 radical (unpaired) electrons. The molecule has 0 aliphatic carbocycles. The lowest BCUT2D eigenvalue weighted by Crippen LogP contribution is -2.44. The minimum Gasteiger partial charge on any atom is -0.410 e. The molecule has 1 aliphatic rings. The zero-order valence-electron chi connectivity index (χ0n) is 13.5. The van der Waals surface area contributed by atoms with Gasteiger partial charge in [0.2, 0.25) is 0 Å². The molecule has 0 saturated carbocycles. The van der Waals surface area contributed by atoms with Gasteiger partial charge in [-0.1, -0.05) is 30.3 Å². The van der Waals surface area contributed by atoms with Gasteiger partial charge in [0.1, 0.15) is 11.6 Å². The molecular formula is C19H20FNO3. The number of ether oxygens (including phenoxy) is 2.